The highest BCUT2D eigenvalue weighted by Crippen LogP contribution is 2.35. The Morgan fingerprint density at radius 1 is 1.20 bits per heavy atom. The van der Waals surface area contributed by atoms with Crippen molar-refractivity contribution in [3.63, 3.8) is 0 Å². The van der Waals surface area contributed by atoms with Crippen LogP contribution in [0.25, 0.3) is 0 Å². The first kappa shape index (κ1) is 14.3. The van der Waals surface area contributed by atoms with Crippen LogP contribution in [0, 0.1) is 0 Å². The van der Waals surface area contributed by atoms with Gasteiger partial charge in [-0.25, -0.2) is 0 Å². The first-order chi connectivity index (χ1) is 9.63. The number of anilines is 1. The number of amides is 1. The van der Waals surface area contributed by atoms with Gasteiger partial charge in [-0.15, -0.1) is 0 Å². The first-order valence-electron chi connectivity index (χ1n) is 5.96. The van der Waals surface area contributed by atoms with E-state index in [2.05, 4.69) is 5.32 Å². The van der Waals surface area contributed by atoms with Crippen LogP contribution < -0.4 is 14.8 Å². The third-order valence-corrected chi connectivity index (χ3v) is 3.04. The molecule has 0 fully saturated rings. The molecule has 0 aliphatic heterocycles. The van der Waals surface area contributed by atoms with E-state index in [9.17, 15) is 4.79 Å². The van der Waals surface area contributed by atoms with Crippen molar-refractivity contribution in [3.05, 3.63) is 41.7 Å². The van der Waals surface area contributed by atoms with Crippen LogP contribution in [0.3, 0.4) is 0 Å². The molecule has 0 radical (unpaired) electrons. The zero-order valence-electron chi connectivity index (χ0n) is 11.2. The first-order valence-corrected chi connectivity index (χ1v) is 6.34. The molecule has 2 aromatic rings. The van der Waals surface area contributed by atoms with Crippen molar-refractivity contribution < 1.29 is 14.3 Å². The molecule has 0 atom stereocenters. The van der Waals surface area contributed by atoms with Crippen LogP contribution in [-0.4, -0.2) is 24.7 Å². The summed E-state index contributed by atoms with van der Waals surface area (Å²) in [7, 11) is 3.03. The third kappa shape index (κ3) is 3.24. The SMILES string of the molecule is COc1cc(NC(=O)Cn2cccc2)c(OC)cc1Cl. The van der Waals surface area contributed by atoms with Crippen LogP contribution in [0.4, 0.5) is 5.69 Å². The van der Waals surface area contributed by atoms with E-state index >= 15 is 0 Å². The number of nitrogens with one attached hydrogen (secondary N) is 1. The van der Waals surface area contributed by atoms with Gasteiger partial charge in [-0.2, -0.15) is 0 Å². The van der Waals surface area contributed by atoms with Crippen LogP contribution >= 0.6 is 11.6 Å². The van der Waals surface area contributed by atoms with Crippen LogP contribution in [0.5, 0.6) is 11.5 Å². The zero-order valence-corrected chi connectivity index (χ0v) is 12.0. The number of carbonyl (C=O) groups is 1. The summed E-state index contributed by atoms with van der Waals surface area (Å²) in [4.78, 5) is 12.0. The molecule has 0 bridgehead atoms. The van der Waals surface area contributed by atoms with Crippen LogP contribution in [0.15, 0.2) is 36.7 Å². The summed E-state index contributed by atoms with van der Waals surface area (Å²) in [6.07, 6.45) is 3.64. The van der Waals surface area contributed by atoms with E-state index in [0.29, 0.717) is 22.2 Å². The van der Waals surface area contributed by atoms with Crippen molar-refractivity contribution >= 4 is 23.2 Å². The Labute approximate surface area is 122 Å². The Kier molecular flexibility index (Phi) is 4.53. The molecule has 20 heavy (non-hydrogen) atoms. The van der Waals surface area contributed by atoms with Crippen molar-refractivity contribution in [3.8, 4) is 11.5 Å². The van der Waals surface area contributed by atoms with E-state index in [-0.39, 0.29) is 12.5 Å². The predicted octanol–water partition coefficient (Wildman–Crippen LogP) is 2.80. The number of rotatable bonds is 5. The molecule has 0 unspecified atom stereocenters. The fraction of sp³-hybridized carbons (Fsp3) is 0.214. The molecular weight excluding hydrogens is 280 g/mol. The maximum absolute atomic E-state index is 12.0. The third-order valence-electron chi connectivity index (χ3n) is 2.74. The van der Waals surface area contributed by atoms with Gasteiger partial charge in [0, 0.05) is 24.5 Å². The number of carbonyl (C=O) groups excluding carboxylic acids is 1. The fourth-order valence-corrected chi connectivity index (χ4v) is 2.02. The van der Waals surface area contributed by atoms with Gasteiger partial charge in [0.05, 0.1) is 24.9 Å². The second-order valence-corrected chi connectivity index (χ2v) is 4.50. The molecule has 1 N–H and O–H groups in total. The highest BCUT2D eigenvalue weighted by molar-refractivity contribution is 6.32. The molecule has 0 saturated heterocycles. The number of hydrogen-bond acceptors (Lipinski definition) is 3. The number of aromatic nitrogens is 1. The van der Waals surface area contributed by atoms with Crippen LogP contribution in [0.1, 0.15) is 0 Å². The molecule has 1 aromatic carbocycles. The van der Waals surface area contributed by atoms with Crippen molar-refractivity contribution in [1.29, 1.82) is 0 Å². The summed E-state index contributed by atoms with van der Waals surface area (Å²) in [5.41, 5.74) is 0.519. The average molecular weight is 295 g/mol. The molecular formula is C14H15ClN2O3. The Bertz CT molecular complexity index is 597. The number of hydrogen-bond donors (Lipinski definition) is 1. The normalized spacial score (nSPS) is 10.2. The Morgan fingerprint density at radius 3 is 2.45 bits per heavy atom. The molecule has 1 amide bonds. The van der Waals surface area contributed by atoms with Crippen molar-refractivity contribution in [2.45, 2.75) is 6.54 Å². The fourth-order valence-electron chi connectivity index (χ4n) is 1.79. The molecule has 0 aliphatic carbocycles. The lowest BCUT2D eigenvalue weighted by molar-refractivity contribution is -0.116. The summed E-state index contributed by atoms with van der Waals surface area (Å²) in [5.74, 6) is 0.796. The van der Waals surface area contributed by atoms with Crippen LogP contribution in [0.2, 0.25) is 5.02 Å². The summed E-state index contributed by atoms with van der Waals surface area (Å²) in [6, 6.07) is 6.96. The highest BCUT2D eigenvalue weighted by Gasteiger charge is 2.12. The molecule has 1 heterocycles. The molecule has 5 nitrogen and oxygen atoms in total. The van der Waals surface area contributed by atoms with Gasteiger partial charge in [-0.1, -0.05) is 11.6 Å². The van der Waals surface area contributed by atoms with Gasteiger partial charge >= 0.3 is 0 Å². The Balaban J connectivity index is 2.17. The molecule has 106 valence electrons. The number of halogens is 1. The zero-order chi connectivity index (χ0) is 14.5. The summed E-state index contributed by atoms with van der Waals surface area (Å²) in [5, 5.41) is 3.20. The summed E-state index contributed by atoms with van der Waals surface area (Å²) in [6.45, 7) is 0.223. The number of ether oxygens (including phenoxy) is 2. The lowest BCUT2D eigenvalue weighted by atomic mass is 10.2. The van der Waals surface area contributed by atoms with E-state index in [0.717, 1.165) is 0 Å². The number of nitrogens with zero attached hydrogens (tertiary/aromatic N) is 1. The van der Waals surface area contributed by atoms with Gasteiger partial charge in [0.15, 0.2) is 0 Å². The van der Waals surface area contributed by atoms with Gasteiger partial charge in [0.25, 0.3) is 0 Å². The second kappa shape index (κ2) is 6.34. The summed E-state index contributed by atoms with van der Waals surface area (Å²) >= 11 is 6.01. The topological polar surface area (TPSA) is 52.5 Å². The average Bonchev–Trinajstić information content (AvgIpc) is 2.92. The van der Waals surface area contributed by atoms with Crippen molar-refractivity contribution in [2.75, 3.05) is 19.5 Å². The molecule has 0 aliphatic rings. The standard InChI is InChI=1S/C14H15ClN2O3/c1-19-12-8-11(13(20-2)7-10(12)15)16-14(18)9-17-5-3-4-6-17/h3-8H,9H2,1-2H3,(H,16,18). The van der Waals surface area contributed by atoms with Crippen molar-refractivity contribution in [2.24, 2.45) is 0 Å². The highest BCUT2D eigenvalue weighted by atomic mass is 35.5. The smallest absolute Gasteiger partial charge is 0.244 e. The second-order valence-electron chi connectivity index (χ2n) is 4.09. The molecule has 6 heteroatoms. The minimum absolute atomic E-state index is 0.163. The van der Waals surface area contributed by atoms with E-state index in [4.69, 9.17) is 21.1 Å². The predicted molar refractivity (Wildman–Crippen MR) is 77.6 cm³/mol. The lowest BCUT2D eigenvalue weighted by Crippen LogP contribution is -2.18. The van der Waals surface area contributed by atoms with Gasteiger partial charge in [0.2, 0.25) is 5.91 Å². The number of benzene rings is 1. The minimum Gasteiger partial charge on any atom is -0.495 e. The molecule has 0 spiro atoms. The molecule has 1 aromatic heterocycles. The summed E-state index contributed by atoms with van der Waals surface area (Å²) < 4.78 is 12.1. The molecule has 0 saturated carbocycles. The van der Waals surface area contributed by atoms with E-state index in [1.54, 1.807) is 16.7 Å². The maximum Gasteiger partial charge on any atom is 0.244 e. The van der Waals surface area contributed by atoms with Gasteiger partial charge < -0.3 is 19.4 Å². The largest absolute Gasteiger partial charge is 0.495 e. The van der Waals surface area contributed by atoms with Gasteiger partial charge in [-0.05, 0) is 12.1 Å². The van der Waals surface area contributed by atoms with Crippen molar-refractivity contribution in [1.82, 2.24) is 4.57 Å². The minimum atomic E-state index is -0.163. The van der Waals surface area contributed by atoms with Crippen LogP contribution in [-0.2, 0) is 11.3 Å². The lowest BCUT2D eigenvalue weighted by Gasteiger charge is -2.13. The quantitative estimate of drug-likeness (QED) is 0.922. The van der Waals surface area contributed by atoms with E-state index < -0.39 is 0 Å². The maximum atomic E-state index is 12.0. The number of methoxy groups -OCH3 is 2. The monoisotopic (exact) mass is 294 g/mol. The van der Waals surface area contributed by atoms with Gasteiger partial charge in [0.1, 0.15) is 18.0 Å². The van der Waals surface area contributed by atoms with E-state index in [1.165, 1.54) is 14.2 Å². The Morgan fingerprint density at radius 2 is 1.85 bits per heavy atom. The Hall–Kier alpha value is -2.14. The van der Waals surface area contributed by atoms with E-state index in [1.807, 2.05) is 24.5 Å². The molecule has 2 rings (SSSR count). The van der Waals surface area contributed by atoms with Gasteiger partial charge in [-0.3, -0.25) is 4.79 Å².